The van der Waals surface area contributed by atoms with E-state index in [0.29, 0.717) is 12.5 Å². The van der Waals surface area contributed by atoms with Gasteiger partial charge in [-0.3, -0.25) is 0 Å². The van der Waals surface area contributed by atoms with Crippen LogP contribution >= 0.6 is 0 Å². The van der Waals surface area contributed by atoms with Gasteiger partial charge in [-0.15, -0.1) is 0 Å². The van der Waals surface area contributed by atoms with Crippen molar-refractivity contribution in [1.82, 2.24) is 5.32 Å². The fourth-order valence-electron chi connectivity index (χ4n) is 6.27. The third kappa shape index (κ3) is 4.51. The molecule has 0 aliphatic heterocycles. The van der Waals surface area contributed by atoms with Gasteiger partial charge in [0, 0.05) is 6.61 Å². The number of hydrogen-bond acceptors (Lipinski definition) is 2. The summed E-state index contributed by atoms with van der Waals surface area (Å²) in [4.78, 5) is 0. The summed E-state index contributed by atoms with van der Waals surface area (Å²) in [5, 5.41) is 13.3. The summed E-state index contributed by atoms with van der Waals surface area (Å²) in [7, 11) is 2.13. The number of aliphatic hydroxyl groups is 1. The molecular formula is C21H39NO. The van der Waals surface area contributed by atoms with Gasteiger partial charge >= 0.3 is 0 Å². The molecule has 3 saturated carbocycles. The fourth-order valence-corrected chi connectivity index (χ4v) is 6.27. The molecular weight excluding hydrogens is 282 g/mol. The molecule has 0 aromatic rings. The molecule has 3 aliphatic rings. The van der Waals surface area contributed by atoms with Crippen LogP contribution in [0.25, 0.3) is 0 Å². The zero-order valence-corrected chi connectivity index (χ0v) is 15.3. The highest BCUT2D eigenvalue weighted by atomic mass is 16.3. The highest BCUT2D eigenvalue weighted by Crippen LogP contribution is 2.46. The minimum absolute atomic E-state index is 0.423. The van der Waals surface area contributed by atoms with Crippen molar-refractivity contribution in [3.8, 4) is 0 Å². The van der Waals surface area contributed by atoms with Gasteiger partial charge in [-0.05, 0) is 81.2 Å². The maximum absolute atomic E-state index is 9.75. The van der Waals surface area contributed by atoms with Gasteiger partial charge in [-0.2, -0.15) is 0 Å². The molecule has 0 aromatic carbocycles. The van der Waals surface area contributed by atoms with Gasteiger partial charge in [0.25, 0.3) is 0 Å². The topological polar surface area (TPSA) is 32.3 Å². The van der Waals surface area contributed by atoms with Gasteiger partial charge in [0.1, 0.15) is 0 Å². The van der Waals surface area contributed by atoms with Gasteiger partial charge < -0.3 is 10.4 Å². The Morgan fingerprint density at radius 2 is 1.57 bits per heavy atom. The van der Waals surface area contributed by atoms with Crippen molar-refractivity contribution in [1.29, 1.82) is 0 Å². The molecule has 0 bridgehead atoms. The van der Waals surface area contributed by atoms with E-state index in [0.717, 1.165) is 29.6 Å². The van der Waals surface area contributed by atoms with Crippen LogP contribution in [0.2, 0.25) is 0 Å². The van der Waals surface area contributed by atoms with Crippen LogP contribution in [0.1, 0.15) is 77.0 Å². The Labute approximate surface area is 143 Å². The Bertz CT molecular complexity index is 345. The first-order valence-electron chi connectivity index (χ1n) is 10.6. The zero-order valence-electron chi connectivity index (χ0n) is 15.3. The lowest BCUT2D eigenvalue weighted by Crippen LogP contribution is -2.36. The largest absolute Gasteiger partial charge is 0.396 e. The SMILES string of the molecule is CNCC(CC1CCCCC1CO)[C@@H]1CCC2CCCCC2C1. The van der Waals surface area contributed by atoms with Gasteiger partial charge in [0.05, 0.1) is 0 Å². The zero-order chi connectivity index (χ0) is 16.1. The number of aliphatic hydroxyl groups excluding tert-OH is 1. The van der Waals surface area contributed by atoms with Gasteiger partial charge in [0.15, 0.2) is 0 Å². The predicted molar refractivity (Wildman–Crippen MR) is 97.4 cm³/mol. The summed E-state index contributed by atoms with van der Waals surface area (Å²) in [6, 6.07) is 0. The van der Waals surface area contributed by atoms with Crippen LogP contribution in [0.3, 0.4) is 0 Å². The Morgan fingerprint density at radius 3 is 2.30 bits per heavy atom. The number of fused-ring (bicyclic) bond motifs is 1. The second-order valence-corrected chi connectivity index (χ2v) is 8.92. The third-order valence-electron chi connectivity index (χ3n) is 7.62. The van der Waals surface area contributed by atoms with Crippen LogP contribution in [-0.4, -0.2) is 25.3 Å². The lowest BCUT2D eigenvalue weighted by molar-refractivity contribution is 0.0673. The van der Waals surface area contributed by atoms with Crippen molar-refractivity contribution in [3.63, 3.8) is 0 Å². The summed E-state index contributed by atoms with van der Waals surface area (Å²) in [6.07, 6.45) is 17.2. The fraction of sp³-hybridized carbons (Fsp3) is 1.00. The molecule has 2 N–H and O–H groups in total. The normalized spacial score (nSPS) is 39.7. The Balaban J connectivity index is 1.59. The van der Waals surface area contributed by atoms with Gasteiger partial charge in [-0.1, -0.05) is 44.9 Å². The molecule has 2 nitrogen and oxygen atoms in total. The molecule has 3 rings (SSSR count). The van der Waals surface area contributed by atoms with Crippen LogP contribution in [0, 0.1) is 35.5 Å². The summed E-state index contributed by atoms with van der Waals surface area (Å²) < 4.78 is 0. The minimum Gasteiger partial charge on any atom is -0.396 e. The molecule has 0 radical (unpaired) electrons. The molecule has 0 saturated heterocycles. The van der Waals surface area contributed by atoms with Crippen LogP contribution < -0.4 is 5.32 Å². The summed E-state index contributed by atoms with van der Waals surface area (Å²) in [6.45, 7) is 1.61. The molecule has 0 aromatic heterocycles. The molecule has 3 aliphatic carbocycles. The Kier molecular flexibility index (Phi) is 6.83. The summed E-state index contributed by atoms with van der Waals surface area (Å²) in [5.74, 6) is 5.28. The van der Waals surface area contributed by atoms with E-state index in [-0.39, 0.29) is 0 Å². The third-order valence-corrected chi connectivity index (χ3v) is 7.62. The van der Waals surface area contributed by atoms with E-state index in [4.69, 9.17) is 0 Å². The lowest BCUT2D eigenvalue weighted by Gasteiger charge is -2.43. The predicted octanol–water partition coefficient (Wildman–Crippen LogP) is 4.62. The minimum atomic E-state index is 0.423. The Hall–Kier alpha value is -0.0800. The monoisotopic (exact) mass is 321 g/mol. The van der Waals surface area contributed by atoms with E-state index in [1.807, 2.05) is 0 Å². The molecule has 0 heterocycles. The van der Waals surface area contributed by atoms with Crippen molar-refractivity contribution >= 4 is 0 Å². The average molecular weight is 322 g/mol. The molecule has 2 heteroatoms. The van der Waals surface area contributed by atoms with Crippen LogP contribution in [0.15, 0.2) is 0 Å². The summed E-state index contributed by atoms with van der Waals surface area (Å²) >= 11 is 0. The highest BCUT2D eigenvalue weighted by molar-refractivity contribution is 4.88. The first kappa shape index (κ1) is 17.7. The molecule has 23 heavy (non-hydrogen) atoms. The highest BCUT2D eigenvalue weighted by Gasteiger charge is 2.37. The molecule has 3 fully saturated rings. The van der Waals surface area contributed by atoms with Crippen LogP contribution in [0.4, 0.5) is 0 Å². The quantitative estimate of drug-likeness (QED) is 0.748. The van der Waals surface area contributed by atoms with Crippen molar-refractivity contribution in [2.45, 2.75) is 77.0 Å². The average Bonchev–Trinajstić information content (AvgIpc) is 2.61. The molecule has 134 valence electrons. The standard InChI is InChI=1S/C21H39NO/c1-22-14-21(13-18-8-4-5-9-20(18)15-23)19-11-10-16-6-2-3-7-17(16)12-19/h16-23H,2-15H2,1H3/t16?,17?,18?,19-,20?,21?/m1/s1. The smallest absolute Gasteiger partial charge is 0.0461 e. The van der Waals surface area contributed by atoms with Crippen LogP contribution in [0.5, 0.6) is 0 Å². The van der Waals surface area contributed by atoms with E-state index < -0.39 is 0 Å². The summed E-state index contributed by atoms with van der Waals surface area (Å²) in [5.41, 5.74) is 0. The lowest BCUT2D eigenvalue weighted by atomic mass is 9.63. The van der Waals surface area contributed by atoms with Gasteiger partial charge in [0.2, 0.25) is 0 Å². The molecule has 5 unspecified atom stereocenters. The van der Waals surface area contributed by atoms with Crippen LogP contribution in [-0.2, 0) is 0 Å². The van der Waals surface area contributed by atoms with Crippen molar-refractivity contribution in [3.05, 3.63) is 0 Å². The number of rotatable bonds is 6. The van der Waals surface area contributed by atoms with E-state index in [9.17, 15) is 5.11 Å². The Morgan fingerprint density at radius 1 is 0.870 bits per heavy atom. The van der Waals surface area contributed by atoms with E-state index >= 15 is 0 Å². The maximum atomic E-state index is 9.75. The first-order chi connectivity index (χ1) is 11.3. The second-order valence-electron chi connectivity index (χ2n) is 8.92. The second kappa shape index (κ2) is 8.85. The molecule has 6 atom stereocenters. The van der Waals surface area contributed by atoms with E-state index in [1.54, 1.807) is 0 Å². The first-order valence-corrected chi connectivity index (χ1v) is 10.6. The molecule has 0 amide bonds. The number of hydrogen-bond donors (Lipinski definition) is 2. The van der Waals surface area contributed by atoms with E-state index in [1.165, 1.54) is 83.6 Å². The van der Waals surface area contributed by atoms with Crippen molar-refractivity contribution in [2.75, 3.05) is 20.2 Å². The number of nitrogens with one attached hydrogen (secondary N) is 1. The maximum Gasteiger partial charge on any atom is 0.0461 e. The molecule has 0 spiro atoms. The van der Waals surface area contributed by atoms with Crippen molar-refractivity contribution < 1.29 is 5.11 Å². The van der Waals surface area contributed by atoms with E-state index in [2.05, 4.69) is 12.4 Å². The van der Waals surface area contributed by atoms with Crippen molar-refractivity contribution in [2.24, 2.45) is 35.5 Å². The van der Waals surface area contributed by atoms with Gasteiger partial charge in [-0.25, -0.2) is 0 Å².